The summed E-state index contributed by atoms with van der Waals surface area (Å²) < 4.78 is 9.07. The fourth-order valence-corrected chi connectivity index (χ4v) is 7.81. The molecule has 0 N–H and O–H groups in total. The molecule has 4 aromatic heterocycles. The predicted octanol–water partition coefficient (Wildman–Crippen LogP) is 11.6. The van der Waals surface area contributed by atoms with Crippen LogP contribution in [0.15, 0.2) is 162 Å². The molecule has 0 amide bonds. The summed E-state index contributed by atoms with van der Waals surface area (Å²) in [6.07, 6.45) is 0. The number of furan rings is 1. The Bertz CT molecular complexity index is 3030. The Morgan fingerprint density at radius 1 is 0.380 bits per heavy atom. The summed E-state index contributed by atoms with van der Waals surface area (Å²) in [4.78, 5) is 14.9. The van der Waals surface area contributed by atoms with Gasteiger partial charge < -0.3 is 8.82 Å². The lowest BCUT2D eigenvalue weighted by atomic mass is 9.97. The van der Waals surface area contributed by atoms with Crippen LogP contribution in [0.2, 0.25) is 0 Å². The highest BCUT2D eigenvalue weighted by Gasteiger charge is 2.23. The van der Waals surface area contributed by atoms with Gasteiger partial charge in [-0.25, -0.2) is 15.0 Å². The van der Waals surface area contributed by atoms with Crippen LogP contribution in [0, 0.1) is 0 Å². The van der Waals surface area contributed by atoms with Gasteiger partial charge in [0.25, 0.3) is 0 Å². The molecule has 0 aliphatic carbocycles. The normalized spacial score (nSPS) is 12.0. The van der Waals surface area contributed by atoms with E-state index in [2.05, 4.69) is 101 Å². The third-order valence-electron chi connectivity index (χ3n) is 9.98. The molecule has 0 aliphatic rings. The van der Waals surface area contributed by atoms with E-state index in [1.807, 2.05) is 60.7 Å². The largest absolute Gasteiger partial charge is 0.456 e. The molecular weight excluding hydrogens is 613 g/mol. The van der Waals surface area contributed by atoms with Crippen molar-refractivity contribution in [1.29, 1.82) is 0 Å². The summed E-state index contributed by atoms with van der Waals surface area (Å²) in [5.41, 5.74) is 10.3. The van der Waals surface area contributed by atoms with E-state index in [1.54, 1.807) is 0 Å². The summed E-state index contributed by atoms with van der Waals surface area (Å²) in [5, 5.41) is 7.22. The van der Waals surface area contributed by atoms with E-state index in [-0.39, 0.29) is 0 Å². The van der Waals surface area contributed by atoms with E-state index in [0.29, 0.717) is 17.5 Å². The van der Waals surface area contributed by atoms with Crippen LogP contribution in [0.4, 0.5) is 0 Å². The van der Waals surface area contributed by atoms with Crippen molar-refractivity contribution in [3.63, 3.8) is 0 Å². The van der Waals surface area contributed by atoms with E-state index < -0.39 is 0 Å². The number of benzene rings is 7. The monoisotopic (exact) mass is 638 g/mol. The van der Waals surface area contributed by atoms with Crippen LogP contribution in [0.5, 0.6) is 0 Å². The third-order valence-corrected chi connectivity index (χ3v) is 9.98. The van der Waals surface area contributed by atoms with E-state index in [0.717, 1.165) is 49.8 Å². The van der Waals surface area contributed by atoms with Crippen molar-refractivity contribution in [2.75, 3.05) is 0 Å². The minimum Gasteiger partial charge on any atom is -0.456 e. The first-order valence-corrected chi connectivity index (χ1v) is 16.8. The first-order valence-electron chi connectivity index (χ1n) is 16.8. The Kier molecular flexibility index (Phi) is 5.60. The van der Waals surface area contributed by atoms with Crippen LogP contribution in [-0.2, 0) is 0 Å². The minimum absolute atomic E-state index is 0.626. The maximum atomic E-state index is 6.62. The van der Waals surface area contributed by atoms with Crippen molar-refractivity contribution < 1.29 is 4.42 Å². The minimum atomic E-state index is 0.626. The second-order valence-electron chi connectivity index (χ2n) is 12.8. The van der Waals surface area contributed by atoms with Crippen LogP contribution in [0.1, 0.15) is 0 Å². The quantitative estimate of drug-likeness (QED) is 0.192. The highest BCUT2D eigenvalue weighted by Crippen LogP contribution is 2.46. The maximum Gasteiger partial charge on any atom is 0.164 e. The van der Waals surface area contributed by atoms with E-state index >= 15 is 0 Å². The number of hydrogen-bond acceptors (Lipinski definition) is 4. The molecule has 7 aromatic carbocycles. The van der Waals surface area contributed by atoms with Gasteiger partial charge in [-0.15, -0.1) is 0 Å². The topological polar surface area (TPSA) is 56.2 Å². The van der Waals surface area contributed by atoms with Gasteiger partial charge >= 0.3 is 0 Å². The Balaban J connectivity index is 1.17. The number of nitrogens with zero attached hydrogens (tertiary/aromatic N) is 4. The molecule has 0 aliphatic heterocycles. The Morgan fingerprint density at radius 3 is 1.68 bits per heavy atom. The molecule has 50 heavy (non-hydrogen) atoms. The van der Waals surface area contributed by atoms with Crippen molar-refractivity contribution in [2.24, 2.45) is 0 Å². The van der Waals surface area contributed by atoms with Crippen LogP contribution in [0.3, 0.4) is 0 Å². The molecule has 5 nitrogen and oxygen atoms in total. The molecule has 0 radical (unpaired) electrons. The summed E-state index contributed by atoms with van der Waals surface area (Å²) in [5.74, 6) is 1.91. The lowest BCUT2D eigenvalue weighted by Crippen LogP contribution is -2.00. The number of fused-ring (bicyclic) bond motifs is 10. The smallest absolute Gasteiger partial charge is 0.164 e. The Hall–Kier alpha value is -6.85. The van der Waals surface area contributed by atoms with E-state index in [1.165, 1.54) is 38.1 Å². The Morgan fingerprint density at radius 2 is 0.920 bits per heavy atom. The zero-order valence-electron chi connectivity index (χ0n) is 26.7. The lowest BCUT2D eigenvalue weighted by molar-refractivity contribution is 0.669. The fraction of sp³-hybridized carbons (Fsp3) is 0. The van der Waals surface area contributed by atoms with Gasteiger partial charge in [0.2, 0.25) is 0 Å². The highest BCUT2D eigenvalue weighted by atomic mass is 16.3. The number of hydrogen-bond donors (Lipinski definition) is 0. The molecular formula is C45H26N4O. The van der Waals surface area contributed by atoms with E-state index in [9.17, 15) is 0 Å². The predicted molar refractivity (Wildman–Crippen MR) is 204 cm³/mol. The summed E-state index contributed by atoms with van der Waals surface area (Å²) in [6, 6.07) is 54.7. The summed E-state index contributed by atoms with van der Waals surface area (Å²) in [6.45, 7) is 0. The molecule has 0 unspecified atom stereocenters. The molecule has 5 heteroatoms. The number of para-hydroxylation sites is 2. The molecule has 0 saturated heterocycles. The van der Waals surface area contributed by atoms with Gasteiger partial charge in [-0.2, -0.15) is 0 Å². The van der Waals surface area contributed by atoms with Gasteiger partial charge in [0.1, 0.15) is 11.2 Å². The first-order chi connectivity index (χ1) is 24.8. The molecule has 11 aromatic rings. The zero-order chi connectivity index (χ0) is 32.8. The average molecular weight is 639 g/mol. The van der Waals surface area contributed by atoms with Crippen molar-refractivity contribution in [1.82, 2.24) is 19.4 Å². The zero-order valence-corrected chi connectivity index (χ0v) is 26.7. The summed E-state index contributed by atoms with van der Waals surface area (Å²) >= 11 is 0. The third kappa shape index (κ3) is 3.86. The molecule has 0 spiro atoms. The molecule has 4 heterocycles. The Labute approximate surface area is 286 Å². The van der Waals surface area contributed by atoms with Crippen molar-refractivity contribution in [2.45, 2.75) is 0 Å². The SMILES string of the molecule is c1ccc(-c2nc(-c3ccccc3)nc(-c3cccc(-c4cccc5oc6ccc7c8cccc9c%10ccccc%10n(c98)c7c6c45)c3)n2)cc1. The van der Waals surface area contributed by atoms with Crippen molar-refractivity contribution in [3.8, 4) is 45.3 Å². The summed E-state index contributed by atoms with van der Waals surface area (Å²) in [7, 11) is 0. The molecule has 0 bridgehead atoms. The van der Waals surface area contributed by atoms with Gasteiger partial charge in [-0.1, -0.05) is 127 Å². The van der Waals surface area contributed by atoms with E-state index in [4.69, 9.17) is 19.4 Å². The highest BCUT2D eigenvalue weighted by molar-refractivity contribution is 6.31. The van der Waals surface area contributed by atoms with Crippen LogP contribution >= 0.6 is 0 Å². The number of aromatic nitrogens is 4. The van der Waals surface area contributed by atoms with Gasteiger partial charge in [0.05, 0.1) is 21.9 Å². The first kappa shape index (κ1) is 27.1. The molecule has 0 fully saturated rings. The van der Waals surface area contributed by atoms with Crippen molar-refractivity contribution >= 4 is 60.0 Å². The van der Waals surface area contributed by atoms with Crippen LogP contribution in [0.25, 0.3) is 105 Å². The van der Waals surface area contributed by atoms with Gasteiger partial charge in [0, 0.05) is 43.6 Å². The molecule has 11 rings (SSSR count). The lowest BCUT2D eigenvalue weighted by Gasteiger charge is -2.10. The molecule has 0 atom stereocenters. The average Bonchev–Trinajstić information content (AvgIpc) is 3.85. The standard InChI is InChI=1S/C45H26N4O/c1-3-12-27(13-4-1)43-46-44(28-14-5-2-6-15-28)48-45(47-43)30-17-9-16-29(26-30)31-19-11-23-37-39(31)40-38(50-37)25-24-35-34-21-10-20-33-32-18-7-8-22-36(32)49(41(33)34)42(35)40/h1-26H. The molecule has 0 saturated carbocycles. The second kappa shape index (κ2) is 10.3. The van der Waals surface area contributed by atoms with Gasteiger partial charge in [-0.3, -0.25) is 0 Å². The maximum absolute atomic E-state index is 6.62. The number of rotatable bonds is 4. The van der Waals surface area contributed by atoms with Gasteiger partial charge in [0.15, 0.2) is 17.5 Å². The second-order valence-corrected chi connectivity index (χ2v) is 12.8. The fourth-order valence-electron chi connectivity index (χ4n) is 7.81. The van der Waals surface area contributed by atoms with Crippen LogP contribution < -0.4 is 0 Å². The molecule has 232 valence electrons. The van der Waals surface area contributed by atoms with Gasteiger partial charge in [-0.05, 0) is 41.5 Å². The van der Waals surface area contributed by atoms with Crippen LogP contribution in [-0.4, -0.2) is 19.4 Å². The van der Waals surface area contributed by atoms with Crippen molar-refractivity contribution in [3.05, 3.63) is 158 Å².